The maximum absolute atomic E-state index is 10.8. The molecule has 0 aliphatic rings. The lowest BCUT2D eigenvalue weighted by Crippen LogP contribution is -1.94. The molecule has 1 aromatic carbocycles. The van der Waals surface area contributed by atoms with Gasteiger partial charge in [-0.1, -0.05) is 0 Å². The summed E-state index contributed by atoms with van der Waals surface area (Å²) in [5.74, 6) is 1.05. The van der Waals surface area contributed by atoms with Crippen LogP contribution in [0, 0.1) is 17.0 Å². The molecule has 0 N–H and O–H groups in total. The smallest absolute Gasteiger partial charge is 0.273 e. The van der Waals surface area contributed by atoms with E-state index in [0.717, 1.165) is 4.47 Å². The molecule has 0 radical (unpaired) electrons. The molecule has 5 nitrogen and oxygen atoms in total. The topological polar surface area (TPSA) is 65.3 Å². The quantitative estimate of drug-likeness (QED) is 0.569. The van der Waals surface area contributed by atoms with E-state index >= 15 is 0 Å². The van der Waals surface area contributed by atoms with E-state index < -0.39 is 4.92 Å². The number of ether oxygens (including phenoxy) is 1. The average molecular weight is 388 g/mol. The van der Waals surface area contributed by atoms with Gasteiger partial charge in [0.1, 0.15) is 11.5 Å². The molecule has 0 aliphatic carbocycles. The third-order valence-electron chi connectivity index (χ3n) is 2.35. The first-order chi connectivity index (χ1) is 8.97. The van der Waals surface area contributed by atoms with Gasteiger partial charge in [0.2, 0.25) is 0 Å². The summed E-state index contributed by atoms with van der Waals surface area (Å²) in [7, 11) is 0. The Hall–Kier alpha value is -1.47. The number of hydrogen-bond donors (Lipinski definition) is 0. The van der Waals surface area contributed by atoms with Gasteiger partial charge in [0.15, 0.2) is 0 Å². The van der Waals surface area contributed by atoms with Crippen molar-refractivity contribution >= 4 is 37.5 Å². The van der Waals surface area contributed by atoms with Gasteiger partial charge < -0.3 is 4.74 Å². The summed E-state index contributed by atoms with van der Waals surface area (Å²) in [6.07, 6.45) is 3.21. The van der Waals surface area contributed by atoms with Crippen molar-refractivity contribution in [3.8, 4) is 11.5 Å². The van der Waals surface area contributed by atoms with Crippen LogP contribution in [0.25, 0.3) is 0 Å². The second-order valence-corrected chi connectivity index (χ2v) is 5.54. The molecule has 7 heteroatoms. The number of hydrogen-bond acceptors (Lipinski definition) is 4. The number of nitrogens with zero attached hydrogens (tertiary/aromatic N) is 2. The van der Waals surface area contributed by atoms with Crippen LogP contribution in [-0.4, -0.2) is 9.91 Å². The number of pyridine rings is 1. The standard InChI is InChI=1S/C12H8Br2N2O3/c1-7-2-12(10(14)4-11(7)16(17)18)19-9-3-8(13)5-15-6-9/h2-6H,1H3. The Morgan fingerprint density at radius 1 is 1.26 bits per heavy atom. The highest BCUT2D eigenvalue weighted by Crippen LogP contribution is 2.35. The molecule has 19 heavy (non-hydrogen) atoms. The predicted octanol–water partition coefficient (Wildman–Crippen LogP) is 4.62. The van der Waals surface area contributed by atoms with Gasteiger partial charge in [-0.2, -0.15) is 0 Å². The summed E-state index contributed by atoms with van der Waals surface area (Å²) >= 11 is 6.56. The summed E-state index contributed by atoms with van der Waals surface area (Å²) in [4.78, 5) is 14.4. The molecule has 2 aromatic rings. The zero-order chi connectivity index (χ0) is 14.0. The number of aryl methyl sites for hydroxylation is 1. The number of nitro benzene ring substituents is 1. The maximum Gasteiger partial charge on any atom is 0.273 e. The highest BCUT2D eigenvalue weighted by molar-refractivity contribution is 9.10. The molecule has 0 aliphatic heterocycles. The van der Waals surface area contributed by atoms with E-state index in [1.165, 1.54) is 6.07 Å². The largest absolute Gasteiger partial charge is 0.455 e. The molecule has 0 fully saturated rings. The van der Waals surface area contributed by atoms with Crippen molar-refractivity contribution in [1.29, 1.82) is 0 Å². The van der Waals surface area contributed by atoms with Crippen LogP contribution >= 0.6 is 31.9 Å². The van der Waals surface area contributed by atoms with Gasteiger partial charge in [-0.25, -0.2) is 0 Å². The highest BCUT2D eigenvalue weighted by Gasteiger charge is 2.15. The predicted molar refractivity (Wildman–Crippen MR) is 77.5 cm³/mol. The average Bonchev–Trinajstić information content (AvgIpc) is 2.33. The Labute approximate surface area is 126 Å². The van der Waals surface area contributed by atoms with E-state index in [1.54, 1.807) is 31.5 Å². The number of aromatic nitrogens is 1. The summed E-state index contributed by atoms with van der Waals surface area (Å²) in [6.45, 7) is 1.66. The molecular formula is C12H8Br2N2O3. The van der Waals surface area contributed by atoms with Crippen molar-refractivity contribution in [3.63, 3.8) is 0 Å². The number of benzene rings is 1. The molecule has 0 saturated carbocycles. The summed E-state index contributed by atoms with van der Waals surface area (Å²) in [5, 5.41) is 10.8. The first-order valence-corrected chi connectivity index (χ1v) is 6.79. The number of nitro groups is 1. The monoisotopic (exact) mass is 386 g/mol. The Morgan fingerprint density at radius 3 is 2.63 bits per heavy atom. The Bertz CT molecular complexity index is 647. The van der Waals surface area contributed by atoms with E-state index in [-0.39, 0.29) is 5.69 Å². The van der Waals surface area contributed by atoms with Crippen molar-refractivity contribution in [3.05, 3.63) is 55.2 Å². The molecule has 98 valence electrons. The molecular weight excluding hydrogens is 380 g/mol. The van der Waals surface area contributed by atoms with Crippen molar-refractivity contribution in [1.82, 2.24) is 4.98 Å². The summed E-state index contributed by atoms with van der Waals surface area (Å²) in [6, 6.07) is 4.80. The Balaban J connectivity index is 2.36. The van der Waals surface area contributed by atoms with E-state index in [2.05, 4.69) is 36.8 Å². The van der Waals surface area contributed by atoms with Gasteiger partial charge in [-0.3, -0.25) is 15.1 Å². The molecule has 0 unspecified atom stereocenters. The van der Waals surface area contributed by atoms with Crippen molar-refractivity contribution in [2.24, 2.45) is 0 Å². The first kappa shape index (κ1) is 14.0. The first-order valence-electron chi connectivity index (χ1n) is 5.20. The molecule has 0 bridgehead atoms. The molecule has 2 rings (SSSR count). The van der Waals surface area contributed by atoms with Crippen LogP contribution in [0.5, 0.6) is 11.5 Å². The van der Waals surface area contributed by atoms with E-state index in [9.17, 15) is 10.1 Å². The molecule has 0 saturated heterocycles. The van der Waals surface area contributed by atoms with Gasteiger partial charge in [-0.15, -0.1) is 0 Å². The van der Waals surface area contributed by atoms with Gasteiger partial charge in [-0.05, 0) is 50.9 Å². The SMILES string of the molecule is Cc1cc(Oc2cncc(Br)c2)c(Br)cc1[N+](=O)[O-]. The zero-order valence-corrected chi connectivity index (χ0v) is 12.9. The fourth-order valence-corrected chi connectivity index (χ4v) is 2.25. The van der Waals surface area contributed by atoms with Crippen LogP contribution in [0.4, 0.5) is 5.69 Å². The van der Waals surface area contributed by atoms with E-state index in [0.29, 0.717) is 21.5 Å². The van der Waals surface area contributed by atoms with E-state index in [4.69, 9.17) is 4.74 Å². The molecule has 0 spiro atoms. The second kappa shape index (κ2) is 5.66. The second-order valence-electron chi connectivity index (χ2n) is 3.77. The van der Waals surface area contributed by atoms with Crippen LogP contribution in [0.2, 0.25) is 0 Å². The molecule has 1 aromatic heterocycles. The molecule has 0 amide bonds. The Morgan fingerprint density at radius 2 is 2.00 bits per heavy atom. The number of halogens is 2. The van der Waals surface area contributed by atoms with Gasteiger partial charge in [0.05, 0.1) is 15.6 Å². The molecule has 0 atom stereocenters. The third kappa shape index (κ3) is 3.30. The summed E-state index contributed by atoms with van der Waals surface area (Å²) in [5.41, 5.74) is 0.581. The third-order valence-corrected chi connectivity index (χ3v) is 3.41. The minimum atomic E-state index is -0.426. The number of rotatable bonds is 3. The Kier molecular flexibility index (Phi) is 4.16. The summed E-state index contributed by atoms with van der Waals surface area (Å²) < 4.78 is 6.95. The van der Waals surface area contributed by atoms with Crippen molar-refractivity contribution < 1.29 is 9.66 Å². The normalized spacial score (nSPS) is 10.3. The van der Waals surface area contributed by atoms with Crippen LogP contribution in [0.1, 0.15) is 5.56 Å². The fraction of sp³-hybridized carbons (Fsp3) is 0.0833. The van der Waals surface area contributed by atoms with Gasteiger partial charge in [0.25, 0.3) is 5.69 Å². The van der Waals surface area contributed by atoms with Gasteiger partial charge in [0, 0.05) is 22.3 Å². The van der Waals surface area contributed by atoms with Crippen LogP contribution in [0.3, 0.4) is 0 Å². The fourth-order valence-electron chi connectivity index (χ4n) is 1.49. The minimum Gasteiger partial charge on any atom is -0.455 e. The van der Waals surface area contributed by atoms with Crippen LogP contribution in [0.15, 0.2) is 39.5 Å². The molecule has 1 heterocycles. The lowest BCUT2D eigenvalue weighted by molar-refractivity contribution is -0.385. The van der Waals surface area contributed by atoms with Crippen molar-refractivity contribution in [2.75, 3.05) is 0 Å². The lowest BCUT2D eigenvalue weighted by Gasteiger charge is -2.09. The zero-order valence-electron chi connectivity index (χ0n) is 9.76. The van der Waals surface area contributed by atoms with Crippen LogP contribution < -0.4 is 4.74 Å². The van der Waals surface area contributed by atoms with Crippen LogP contribution in [-0.2, 0) is 0 Å². The lowest BCUT2D eigenvalue weighted by atomic mass is 10.2. The van der Waals surface area contributed by atoms with E-state index in [1.807, 2.05) is 0 Å². The maximum atomic E-state index is 10.8. The van der Waals surface area contributed by atoms with Gasteiger partial charge >= 0.3 is 0 Å². The van der Waals surface area contributed by atoms with Crippen molar-refractivity contribution in [2.45, 2.75) is 6.92 Å². The minimum absolute atomic E-state index is 0.0478. The highest BCUT2D eigenvalue weighted by atomic mass is 79.9.